The van der Waals surface area contributed by atoms with E-state index in [1.807, 2.05) is 6.92 Å². The number of rotatable bonds is 4. The van der Waals surface area contributed by atoms with Gasteiger partial charge in [0.05, 0.1) is 43.2 Å². The number of aromatic nitrogens is 3. The van der Waals surface area contributed by atoms with Crippen LogP contribution in [0.25, 0.3) is 11.3 Å². The number of nitrogens with one attached hydrogen (secondary N) is 1. The lowest BCUT2D eigenvalue weighted by molar-refractivity contribution is 0.0600. The Morgan fingerprint density at radius 1 is 1.04 bits per heavy atom. The number of carbonyl (C=O) groups excluding carboxylic acids is 2. The first-order chi connectivity index (χ1) is 13.4. The molecule has 0 aliphatic heterocycles. The average Bonchev–Trinajstić information content (AvgIpc) is 2.68. The van der Waals surface area contributed by atoms with Crippen LogP contribution in [0, 0.1) is 18.6 Å². The summed E-state index contributed by atoms with van der Waals surface area (Å²) < 4.78 is 32.0. The molecule has 0 aliphatic carbocycles. The van der Waals surface area contributed by atoms with Crippen LogP contribution in [0.15, 0.2) is 43.0 Å². The molecule has 0 aliphatic rings. The summed E-state index contributed by atoms with van der Waals surface area (Å²) in [6, 6.07) is 4.99. The second-order valence-corrected chi connectivity index (χ2v) is 5.74. The minimum Gasteiger partial charge on any atom is -0.465 e. The monoisotopic (exact) mass is 384 g/mol. The van der Waals surface area contributed by atoms with Gasteiger partial charge in [0.1, 0.15) is 5.56 Å². The molecule has 0 radical (unpaired) electrons. The van der Waals surface area contributed by atoms with Gasteiger partial charge in [0, 0.05) is 5.56 Å². The fraction of sp³-hybridized carbons (Fsp3) is 0.105. The SMILES string of the molecule is COC(=O)c1ccc(C)c(-c2cnc(NC(=O)c3c(F)cncc3F)cn2)c1. The molecule has 0 atom stereocenters. The fourth-order valence-corrected chi connectivity index (χ4v) is 2.48. The Balaban J connectivity index is 1.85. The van der Waals surface area contributed by atoms with Gasteiger partial charge in [0.15, 0.2) is 17.5 Å². The molecule has 3 aromatic rings. The van der Waals surface area contributed by atoms with Gasteiger partial charge in [-0.15, -0.1) is 0 Å². The molecule has 1 aromatic carbocycles. The van der Waals surface area contributed by atoms with Crippen molar-refractivity contribution in [3.63, 3.8) is 0 Å². The Kier molecular flexibility index (Phi) is 5.35. The Morgan fingerprint density at radius 2 is 1.75 bits per heavy atom. The molecule has 2 aromatic heterocycles. The van der Waals surface area contributed by atoms with Crippen molar-refractivity contribution in [1.82, 2.24) is 15.0 Å². The largest absolute Gasteiger partial charge is 0.465 e. The highest BCUT2D eigenvalue weighted by molar-refractivity contribution is 6.04. The standard InChI is InChI=1S/C19H14F2N4O3/c1-10-3-4-11(19(27)28-2)5-12(10)15-8-24-16(9-23-15)25-18(26)17-13(20)6-22-7-14(17)21/h3-9H,1-2H3,(H,24,25,26). The second kappa shape index (κ2) is 7.87. The number of anilines is 1. The fourth-order valence-electron chi connectivity index (χ4n) is 2.48. The number of hydrogen-bond acceptors (Lipinski definition) is 6. The van der Waals surface area contributed by atoms with Crippen LogP contribution in [0.2, 0.25) is 0 Å². The topological polar surface area (TPSA) is 94.1 Å². The van der Waals surface area contributed by atoms with E-state index in [1.165, 1.54) is 19.5 Å². The lowest BCUT2D eigenvalue weighted by atomic mass is 10.0. The smallest absolute Gasteiger partial charge is 0.337 e. The molecule has 142 valence electrons. The van der Waals surface area contributed by atoms with E-state index < -0.39 is 29.1 Å². The molecule has 9 heteroatoms. The molecular formula is C19H14F2N4O3. The lowest BCUT2D eigenvalue weighted by Gasteiger charge is -2.09. The Bertz CT molecular complexity index is 1040. The van der Waals surface area contributed by atoms with Gasteiger partial charge in [0.2, 0.25) is 0 Å². The summed E-state index contributed by atoms with van der Waals surface area (Å²) in [6.07, 6.45) is 4.10. The van der Waals surface area contributed by atoms with Crippen molar-refractivity contribution in [2.75, 3.05) is 12.4 Å². The Hall–Kier alpha value is -3.75. The highest BCUT2D eigenvalue weighted by Gasteiger charge is 2.18. The van der Waals surface area contributed by atoms with E-state index in [-0.39, 0.29) is 5.82 Å². The number of hydrogen-bond donors (Lipinski definition) is 1. The van der Waals surface area contributed by atoms with Crippen LogP contribution in [0.1, 0.15) is 26.3 Å². The molecule has 3 rings (SSSR count). The summed E-state index contributed by atoms with van der Waals surface area (Å²) >= 11 is 0. The predicted octanol–water partition coefficient (Wildman–Crippen LogP) is 3.16. The van der Waals surface area contributed by atoms with Crippen LogP contribution in [-0.4, -0.2) is 33.9 Å². The van der Waals surface area contributed by atoms with Crippen LogP contribution < -0.4 is 5.32 Å². The first-order valence-corrected chi connectivity index (χ1v) is 8.02. The van der Waals surface area contributed by atoms with Gasteiger partial charge in [-0.05, 0) is 24.6 Å². The van der Waals surface area contributed by atoms with E-state index in [0.717, 1.165) is 18.0 Å². The van der Waals surface area contributed by atoms with Gasteiger partial charge < -0.3 is 10.1 Å². The van der Waals surface area contributed by atoms with Crippen molar-refractivity contribution >= 4 is 17.7 Å². The van der Waals surface area contributed by atoms with E-state index >= 15 is 0 Å². The Labute approximate surface area is 158 Å². The molecule has 0 unspecified atom stereocenters. The van der Waals surface area contributed by atoms with Gasteiger partial charge in [-0.2, -0.15) is 0 Å². The van der Waals surface area contributed by atoms with E-state index in [0.29, 0.717) is 16.8 Å². The van der Waals surface area contributed by atoms with Gasteiger partial charge >= 0.3 is 5.97 Å². The first kappa shape index (κ1) is 19.0. The summed E-state index contributed by atoms with van der Waals surface area (Å²) in [5.74, 6) is -3.66. The van der Waals surface area contributed by atoms with E-state index in [2.05, 4.69) is 20.3 Å². The van der Waals surface area contributed by atoms with Crippen molar-refractivity contribution in [3.05, 3.63) is 71.3 Å². The molecule has 0 fully saturated rings. The molecule has 1 N–H and O–H groups in total. The second-order valence-electron chi connectivity index (χ2n) is 5.74. The third kappa shape index (κ3) is 3.83. The van der Waals surface area contributed by atoms with E-state index in [1.54, 1.807) is 18.2 Å². The van der Waals surface area contributed by atoms with Gasteiger partial charge in [-0.3, -0.25) is 14.8 Å². The molecule has 1 amide bonds. The lowest BCUT2D eigenvalue weighted by Crippen LogP contribution is -2.17. The minimum absolute atomic E-state index is 0.00568. The van der Waals surface area contributed by atoms with E-state index in [4.69, 9.17) is 4.74 Å². The maximum absolute atomic E-state index is 13.6. The first-order valence-electron chi connectivity index (χ1n) is 8.02. The zero-order chi connectivity index (χ0) is 20.3. The highest BCUT2D eigenvalue weighted by atomic mass is 19.1. The third-order valence-corrected chi connectivity index (χ3v) is 3.91. The molecule has 0 saturated heterocycles. The van der Waals surface area contributed by atoms with Gasteiger partial charge in [-0.1, -0.05) is 6.07 Å². The summed E-state index contributed by atoms with van der Waals surface area (Å²) in [5.41, 5.74) is 1.54. The third-order valence-electron chi connectivity index (χ3n) is 3.91. The Morgan fingerprint density at radius 3 is 2.36 bits per heavy atom. The number of esters is 1. The number of benzene rings is 1. The average molecular weight is 384 g/mol. The number of ether oxygens (including phenoxy) is 1. The highest BCUT2D eigenvalue weighted by Crippen LogP contribution is 2.23. The number of amides is 1. The number of methoxy groups -OCH3 is 1. The molecular weight excluding hydrogens is 370 g/mol. The molecule has 2 heterocycles. The summed E-state index contributed by atoms with van der Waals surface area (Å²) in [4.78, 5) is 35.3. The zero-order valence-corrected chi connectivity index (χ0v) is 14.9. The van der Waals surface area contributed by atoms with Crippen molar-refractivity contribution in [1.29, 1.82) is 0 Å². The van der Waals surface area contributed by atoms with Crippen LogP contribution in [0.4, 0.5) is 14.6 Å². The van der Waals surface area contributed by atoms with Gasteiger partial charge in [0.25, 0.3) is 5.91 Å². The summed E-state index contributed by atoms with van der Waals surface area (Å²) in [6.45, 7) is 1.84. The van der Waals surface area contributed by atoms with Crippen molar-refractivity contribution in [2.45, 2.75) is 6.92 Å². The quantitative estimate of drug-likeness (QED) is 0.695. The van der Waals surface area contributed by atoms with Gasteiger partial charge in [-0.25, -0.2) is 18.6 Å². The maximum atomic E-state index is 13.6. The number of halogens is 2. The number of nitrogens with zero attached hydrogens (tertiary/aromatic N) is 3. The zero-order valence-electron chi connectivity index (χ0n) is 14.9. The molecule has 28 heavy (non-hydrogen) atoms. The molecule has 7 nitrogen and oxygen atoms in total. The minimum atomic E-state index is -1.09. The molecule has 0 bridgehead atoms. The maximum Gasteiger partial charge on any atom is 0.337 e. The predicted molar refractivity (Wildman–Crippen MR) is 95.7 cm³/mol. The van der Waals surface area contributed by atoms with Crippen LogP contribution in [-0.2, 0) is 4.74 Å². The number of aryl methyl sites for hydroxylation is 1. The van der Waals surface area contributed by atoms with Crippen LogP contribution in [0.5, 0.6) is 0 Å². The number of pyridine rings is 1. The van der Waals surface area contributed by atoms with E-state index in [9.17, 15) is 18.4 Å². The van der Waals surface area contributed by atoms with Crippen molar-refractivity contribution in [2.24, 2.45) is 0 Å². The summed E-state index contributed by atoms with van der Waals surface area (Å²) in [7, 11) is 1.29. The van der Waals surface area contributed by atoms with Crippen LogP contribution in [0.3, 0.4) is 0 Å². The summed E-state index contributed by atoms with van der Waals surface area (Å²) in [5, 5.41) is 2.28. The molecule has 0 saturated carbocycles. The normalized spacial score (nSPS) is 10.4. The van der Waals surface area contributed by atoms with Crippen molar-refractivity contribution in [3.8, 4) is 11.3 Å². The number of carbonyl (C=O) groups is 2. The molecule has 0 spiro atoms. The van der Waals surface area contributed by atoms with Crippen molar-refractivity contribution < 1.29 is 23.1 Å². The van der Waals surface area contributed by atoms with Crippen LogP contribution >= 0.6 is 0 Å².